The maximum atomic E-state index is 11.6. The Hall–Kier alpha value is -0.970. The van der Waals surface area contributed by atoms with Crippen LogP contribution in [0.2, 0.25) is 0 Å². The van der Waals surface area contributed by atoms with Crippen LogP contribution in [0.25, 0.3) is 0 Å². The van der Waals surface area contributed by atoms with Gasteiger partial charge in [0, 0.05) is 24.2 Å². The number of rotatable bonds is 2. The van der Waals surface area contributed by atoms with Crippen LogP contribution >= 0.6 is 11.8 Å². The lowest BCUT2D eigenvalue weighted by Gasteiger charge is -2.12. The molecule has 5 heteroatoms. The van der Waals surface area contributed by atoms with Crippen LogP contribution in [0, 0.1) is 0 Å². The fraction of sp³-hybridized carbons (Fsp3) is 0.500. The van der Waals surface area contributed by atoms with Crippen molar-refractivity contribution in [1.82, 2.24) is 15.1 Å². The number of thioether (sulfide) groups is 1. The second-order valence-corrected chi connectivity index (χ2v) is 4.03. The van der Waals surface area contributed by atoms with Crippen LogP contribution < -0.4 is 0 Å². The van der Waals surface area contributed by atoms with Gasteiger partial charge in [0.2, 0.25) is 5.91 Å². The molecule has 2 heterocycles. The van der Waals surface area contributed by atoms with Crippen molar-refractivity contribution in [2.45, 2.75) is 6.42 Å². The topological polar surface area (TPSA) is 49.0 Å². The van der Waals surface area contributed by atoms with Crippen LogP contribution in [-0.4, -0.2) is 39.2 Å². The first-order chi connectivity index (χ1) is 6.36. The lowest BCUT2D eigenvalue weighted by Crippen LogP contribution is -2.29. The zero-order valence-corrected chi connectivity index (χ0v) is 8.01. The van der Waals surface area contributed by atoms with E-state index < -0.39 is 0 Å². The largest absolute Gasteiger partial charge is 0.332 e. The maximum absolute atomic E-state index is 11.6. The molecular formula is C8H11N3OS. The SMILES string of the molecule is O=C(Cc1ccn[nH]1)N1CCSC1. The number of aromatic amines is 1. The minimum Gasteiger partial charge on any atom is -0.332 e. The number of nitrogens with one attached hydrogen (secondary N) is 1. The molecule has 1 aromatic rings. The third-order valence-corrected chi connectivity index (χ3v) is 2.97. The summed E-state index contributed by atoms with van der Waals surface area (Å²) in [6, 6.07) is 1.83. The Morgan fingerprint density at radius 2 is 2.69 bits per heavy atom. The number of carbonyl (C=O) groups is 1. The fourth-order valence-corrected chi connectivity index (χ4v) is 2.24. The zero-order valence-electron chi connectivity index (χ0n) is 7.19. The second kappa shape index (κ2) is 3.83. The Kier molecular flexibility index (Phi) is 2.54. The molecule has 1 saturated heterocycles. The summed E-state index contributed by atoms with van der Waals surface area (Å²) in [5.41, 5.74) is 0.891. The summed E-state index contributed by atoms with van der Waals surface area (Å²) in [6.07, 6.45) is 2.11. The van der Waals surface area contributed by atoms with Gasteiger partial charge >= 0.3 is 0 Å². The van der Waals surface area contributed by atoms with E-state index in [-0.39, 0.29) is 5.91 Å². The highest BCUT2D eigenvalue weighted by atomic mass is 32.2. The maximum Gasteiger partial charge on any atom is 0.229 e. The predicted octanol–water partition coefficient (Wildman–Crippen LogP) is 0.485. The molecule has 4 nitrogen and oxygen atoms in total. The van der Waals surface area contributed by atoms with E-state index in [9.17, 15) is 4.79 Å². The smallest absolute Gasteiger partial charge is 0.229 e. The lowest BCUT2D eigenvalue weighted by molar-refractivity contribution is -0.129. The molecule has 70 valence electrons. The number of amides is 1. The standard InChI is InChI=1S/C8H11N3OS/c12-8(11-3-4-13-6-11)5-7-1-2-9-10-7/h1-2H,3-6H2,(H,9,10). The summed E-state index contributed by atoms with van der Waals surface area (Å²) < 4.78 is 0. The van der Waals surface area contributed by atoms with Gasteiger partial charge in [0.05, 0.1) is 12.3 Å². The van der Waals surface area contributed by atoms with Gasteiger partial charge in [0.25, 0.3) is 0 Å². The van der Waals surface area contributed by atoms with Crippen LogP contribution in [0.3, 0.4) is 0 Å². The van der Waals surface area contributed by atoms with Gasteiger partial charge in [-0.2, -0.15) is 5.10 Å². The molecule has 0 radical (unpaired) electrons. The molecule has 1 aliphatic rings. The van der Waals surface area contributed by atoms with Crippen LogP contribution in [0.4, 0.5) is 0 Å². The Morgan fingerprint density at radius 3 is 3.31 bits per heavy atom. The molecule has 0 saturated carbocycles. The Balaban J connectivity index is 1.91. The summed E-state index contributed by atoms with van der Waals surface area (Å²) in [7, 11) is 0. The van der Waals surface area contributed by atoms with E-state index in [0.717, 1.165) is 23.9 Å². The highest BCUT2D eigenvalue weighted by Gasteiger charge is 2.18. The van der Waals surface area contributed by atoms with Gasteiger partial charge in [-0.25, -0.2) is 0 Å². The highest BCUT2D eigenvalue weighted by Crippen LogP contribution is 2.14. The van der Waals surface area contributed by atoms with Crippen LogP contribution in [0.15, 0.2) is 12.3 Å². The molecule has 1 aliphatic heterocycles. The molecule has 1 amide bonds. The van der Waals surface area contributed by atoms with Gasteiger partial charge in [-0.15, -0.1) is 11.8 Å². The Bertz CT molecular complexity index is 280. The first-order valence-corrected chi connectivity index (χ1v) is 5.35. The third kappa shape index (κ3) is 2.03. The molecule has 0 atom stereocenters. The molecule has 0 aliphatic carbocycles. The fourth-order valence-electron chi connectivity index (χ4n) is 1.27. The van der Waals surface area contributed by atoms with E-state index in [0.29, 0.717) is 6.42 Å². The van der Waals surface area contributed by atoms with Gasteiger partial charge in [-0.05, 0) is 6.07 Å². The minimum atomic E-state index is 0.189. The highest BCUT2D eigenvalue weighted by molar-refractivity contribution is 7.99. The average molecular weight is 197 g/mol. The lowest BCUT2D eigenvalue weighted by atomic mass is 10.3. The van der Waals surface area contributed by atoms with E-state index in [2.05, 4.69) is 10.2 Å². The van der Waals surface area contributed by atoms with Crippen molar-refractivity contribution >= 4 is 17.7 Å². The summed E-state index contributed by atoms with van der Waals surface area (Å²) in [5, 5.41) is 6.59. The van der Waals surface area contributed by atoms with E-state index >= 15 is 0 Å². The van der Waals surface area contributed by atoms with Gasteiger partial charge in [-0.1, -0.05) is 0 Å². The van der Waals surface area contributed by atoms with Crippen molar-refractivity contribution in [3.63, 3.8) is 0 Å². The van der Waals surface area contributed by atoms with Gasteiger partial charge in [0.15, 0.2) is 0 Å². The summed E-state index contributed by atoms with van der Waals surface area (Å²) in [6.45, 7) is 0.887. The van der Waals surface area contributed by atoms with Crippen molar-refractivity contribution in [2.75, 3.05) is 18.2 Å². The van der Waals surface area contributed by atoms with Gasteiger partial charge in [-0.3, -0.25) is 9.89 Å². The summed E-state index contributed by atoms with van der Waals surface area (Å²) >= 11 is 1.80. The molecule has 0 unspecified atom stereocenters. The van der Waals surface area contributed by atoms with Crippen molar-refractivity contribution < 1.29 is 4.79 Å². The van der Waals surface area contributed by atoms with E-state index in [1.54, 1.807) is 18.0 Å². The number of H-pyrrole nitrogens is 1. The quantitative estimate of drug-likeness (QED) is 0.750. The van der Waals surface area contributed by atoms with E-state index in [1.165, 1.54) is 0 Å². The summed E-state index contributed by atoms with van der Waals surface area (Å²) in [5.74, 6) is 2.09. The van der Waals surface area contributed by atoms with Crippen molar-refractivity contribution in [1.29, 1.82) is 0 Å². The Labute approximate surface area is 80.7 Å². The monoisotopic (exact) mass is 197 g/mol. The molecule has 1 N–H and O–H groups in total. The Morgan fingerprint density at radius 1 is 1.77 bits per heavy atom. The predicted molar refractivity (Wildman–Crippen MR) is 51.3 cm³/mol. The van der Waals surface area contributed by atoms with Crippen molar-refractivity contribution in [2.24, 2.45) is 0 Å². The molecule has 2 rings (SSSR count). The van der Waals surface area contributed by atoms with Crippen LogP contribution in [-0.2, 0) is 11.2 Å². The first-order valence-electron chi connectivity index (χ1n) is 4.20. The number of aromatic nitrogens is 2. The number of hydrogen-bond donors (Lipinski definition) is 1. The van der Waals surface area contributed by atoms with Crippen LogP contribution in [0.5, 0.6) is 0 Å². The van der Waals surface area contributed by atoms with Gasteiger partial charge < -0.3 is 4.90 Å². The molecular weight excluding hydrogens is 186 g/mol. The molecule has 0 aromatic carbocycles. The molecule has 13 heavy (non-hydrogen) atoms. The van der Waals surface area contributed by atoms with E-state index in [4.69, 9.17) is 0 Å². The number of nitrogens with zero attached hydrogens (tertiary/aromatic N) is 2. The number of hydrogen-bond acceptors (Lipinski definition) is 3. The van der Waals surface area contributed by atoms with Crippen molar-refractivity contribution in [3.05, 3.63) is 18.0 Å². The molecule has 0 spiro atoms. The van der Waals surface area contributed by atoms with Crippen molar-refractivity contribution in [3.8, 4) is 0 Å². The number of carbonyl (C=O) groups excluding carboxylic acids is 1. The average Bonchev–Trinajstić information content (AvgIpc) is 2.74. The van der Waals surface area contributed by atoms with E-state index in [1.807, 2.05) is 11.0 Å². The molecule has 1 aromatic heterocycles. The summed E-state index contributed by atoms with van der Waals surface area (Å²) in [4.78, 5) is 13.5. The molecule has 0 bridgehead atoms. The molecule has 1 fully saturated rings. The zero-order chi connectivity index (χ0) is 9.10. The normalized spacial score (nSPS) is 16.5. The van der Waals surface area contributed by atoms with Gasteiger partial charge in [0.1, 0.15) is 0 Å². The second-order valence-electron chi connectivity index (χ2n) is 2.95. The minimum absolute atomic E-state index is 0.189. The third-order valence-electron chi connectivity index (χ3n) is 2.01. The first kappa shape index (κ1) is 8.62. The van der Waals surface area contributed by atoms with Crippen LogP contribution in [0.1, 0.15) is 5.69 Å².